The summed E-state index contributed by atoms with van der Waals surface area (Å²) in [6.07, 6.45) is 2.40. The number of methoxy groups -OCH3 is 2. The van der Waals surface area contributed by atoms with Gasteiger partial charge in [-0.1, -0.05) is 18.6 Å². The molecule has 0 atom stereocenters. The zero-order chi connectivity index (χ0) is 21.0. The molecule has 0 spiro atoms. The third-order valence-electron chi connectivity index (χ3n) is 4.88. The highest BCUT2D eigenvalue weighted by molar-refractivity contribution is 7.17. The van der Waals surface area contributed by atoms with Crippen LogP contribution >= 0.6 is 11.3 Å². The molecule has 0 saturated heterocycles. The van der Waals surface area contributed by atoms with Crippen molar-refractivity contribution in [2.24, 2.45) is 0 Å². The third-order valence-corrected chi connectivity index (χ3v) is 5.75. The Morgan fingerprint density at radius 2 is 2.03 bits per heavy atom. The van der Waals surface area contributed by atoms with E-state index in [1.165, 1.54) is 18.4 Å². The summed E-state index contributed by atoms with van der Waals surface area (Å²) in [5.41, 5.74) is 2.76. The van der Waals surface area contributed by atoms with E-state index in [0.29, 0.717) is 24.8 Å². The third kappa shape index (κ3) is 4.34. The van der Waals surface area contributed by atoms with Crippen molar-refractivity contribution in [1.29, 1.82) is 0 Å². The molecule has 0 aliphatic heterocycles. The number of fused-ring (bicyclic) bond motifs is 1. The quantitative estimate of drug-likeness (QED) is 0.513. The van der Waals surface area contributed by atoms with E-state index in [2.05, 4.69) is 6.92 Å². The van der Waals surface area contributed by atoms with E-state index in [1.54, 1.807) is 11.7 Å². The molecular weight excluding hydrogens is 388 g/mol. The number of thiophene rings is 1. The van der Waals surface area contributed by atoms with Crippen LogP contribution in [0.1, 0.15) is 37.6 Å². The standard InChI is InChI=1S/C22H26N2O4S/c1-5-7-18-23-21-20(22(26)24(18)11-6-8-19(25)28-4)16(13-29-21)15-12-14(2)9-10-17(15)27-3/h9-10,12-13H,5-8,11H2,1-4H3. The largest absolute Gasteiger partial charge is 0.496 e. The summed E-state index contributed by atoms with van der Waals surface area (Å²) >= 11 is 1.47. The smallest absolute Gasteiger partial charge is 0.305 e. The van der Waals surface area contributed by atoms with Gasteiger partial charge in [-0.05, 0) is 31.9 Å². The number of hydrogen-bond donors (Lipinski definition) is 0. The van der Waals surface area contributed by atoms with Crippen LogP contribution in [0.5, 0.6) is 5.75 Å². The molecule has 3 rings (SSSR count). The van der Waals surface area contributed by atoms with E-state index in [9.17, 15) is 9.59 Å². The maximum Gasteiger partial charge on any atom is 0.305 e. The molecule has 6 nitrogen and oxygen atoms in total. The van der Waals surface area contributed by atoms with Crippen LogP contribution in [0.3, 0.4) is 0 Å². The number of hydrogen-bond acceptors (Lipinski definition) is 6. The van der Waals surface area contributed by atoms with E-state index < -0.39 is 0 Å². The first-order valence-electron chi connectivity index (χ1n) is 9.72. The molecule has 2 heterocycles. The summed E-state index contributed by atoms with van der Waals surface area (Å²) < 4.78 is 12.0. The first kappa shape index (κ1) is 21.0. The number of benzene rings is 1. The Hall–Kier alpha value is -2.67. The van der Waals surface area contributed by atoms with Crippen LogP contribution in [0.15, 0.2) is 28.4 Å². The van der Waals surface area contributed by atoms with Crippen molar-refractivity contribution >= 4 is 27.5 Å². The van der Waals surface area contributed by atoms with Gasteiger partial charge in [0.1, 0.15) is 16.4 Å². The van der Waals surface area contributed by atoms with Crippen molar-refractivity contribution in [2.45, 2.75) is 46.1 Å². The summed E-state index contributed by atoms with van der Waals surface area (Å²) in [5, 5.41) is 2.59. The normalized spacial score (nSPS) is 11.0. The van der Waals surface area contributed by atoms with Gasteiger partial charge in [0.25, 0.3) is 5.56 Å². The van der Waals surface area contributed by atoms with Crippen molar-refractivity contribution in [3.8, 4) is 16.9 Å². The second-order valence-electron chi connectivity index (χ2n) is 6.95. The Labute approximate surface area is 174 Å². The number of aromatic nitrogens is 2. The molecule has 7 heteroatoms. The number of ether oxygens (including phenoxy) is 2. The maximum absolute atomic E-state index is 13.5. The first-order valence-corrected chi connectivity index (χ1v) is 10.6. The van der Waals surface area contributed by atoms with Gasteiger partial charge in [0.05, 0.1) is 19.6 Å². The molecule has 0 amide bonds. The van der Waals surface area contributed by atoms with Gasteiger partial charge in [-0.2, -0.15) is 0 Å². The highest BCUT2D eigenvalue weighted by Crippen LogP contribution is 2.37. The van der Waals surface area contributed by atoms with Gasteiger partial charge in [0.2, 0.25) is 0 Å². The number of aryl methyl sites for hydroxylation is 2. The van der Waals surface area contributed by atoms with Gasteiger partial charge in [-0.15, -0.1) is 11.3 Å². The lowest BCUT2D eigenvalue weighted by Crippen LogP contribution is -2.25. The lowest BCUT2D eigenvalue weighted by Gasteiger charge is -2.13. The zero-order valence-electron chi connectivity index (χ0n) is 17.3. The molecule has 29 heavy (non-hydrogen) atoms. The van der Waals surface area contributed by atoms with Gasteiger partial charge >= 0.3 is 5.97 Å². The SMILES string of the molecule is CCCc1nc2scc(-c3cc(C)ccc3OC)c2c(=O)n1CCCC(=O)OC. The zero-order valence-corrected chi connectivity index (χ0v) is 18.1. The molecule has 0 N–H and O–H groups in total. The minimum absolute atomic E-state index is 0.0666. The molecule has 0 saturated carbocycles. The number of carbonyl (C=O) groups excluding carboxylic acids is 1. The Bertz CT molecular complexity index is 1080. The summed E-state index contributed by atoms with van der Waals surface area (Å²) in [6.45, 7) is 4.51. The van der Waals surface area contributed by atoms with E-state index in [0.717, 1.165) is 39.5 Å². The fourth-order valence-corrected chi connectivity index (χ4v) is 4.37. The molecule has 1 aromatic carbocycles. The van der Waals surface area contributed by atoms with Gasteiger partial charge in [0, 0.05) is 35.9 Å². The van der Waals surface area contributed by atoms with Crippen molar-refractivity contribution < 1.29 is 14.3 Å². The summed E-state index contributed by atoms with van der Waals surface area (Å²) in [7, 11) is 3.00. The number of esters is 1. The Kier molecular flexibility index (Phi) is 6.69. The lowest BCUT2D eigenvalue weighted by atomic mass is 10.0. The van der Waals surface area contributed by atoms with Crippen LogP contribution < -0.4 is 10.3 Å². The fraction of sp³-hybridized carbons (Fsp3) is 0.409. The maximum atomic E-state index is 13.5. The molecule has 0 aliphatic carbocycles. The molecule has 0 bridgehead atoms. The van der Waals surface area contributed by atoms with E-state index in [-0.39, 0.29) is 17.9 Å². The predicted molar refractivity (Wildman–Crippen MR) is 116 cm³/mol. The van der Waals surface area contributed by atoms with Crippen LogP contribution in [-0.2, 0) is 22.5 Å². The Morgan fingerprint density at radius 1 is 1.24 bits per heavy atom. The average Bonchev–Trinajstić information content (AvgIpc) is 3.14. The minimum Gasteiger partial charge on any atom is -0.496 e. The minimum atomic E-state index is -0.273. The van der Waals surface area contributed by atoms with Gasteiger partial charge in [0.15, 0.2) is 0 Å². The topological polar surface area (TPSA) is 70.4 Å². The van der Waals surface area contributed by atoms with Gasteiger partial charge in [-0.3, -0.25) is 14.2 Å². The fourth-order valence-electron chi connectivity index (χ4n) is 3.43. The molecule has 0 radical (unpaired) electrons. The van der Waals surface area contributed by atoms with Crippen molar-refractivity contribution in [1.82, 2.24) is 9.55 Å². The van der Waals surface area contributed by atoms with Crippen LogP contribution in [0.2, 0.25) is 0 Å². The van der Waals surface area contributed by atoms with E-state index in [1.807, 2.05) is 30.5 Å². The number of rotatable bonds is 8. The lowest BCUT2D eigenvalue weighted by molar-refractivity contribution is -0.140. The van der Waals surface area contributed by atoms with Crippen molar-refractivity contribution in [3.63, 3.8) is 0 Å². The molecule has 3 aromatic rings. The monoisotopic (exact) mass is 414 g/mol. The number of nitrogens with zero attached hydrogens (tertiary/aromatic N) is 2. The second-order valence-corrected chi connectivity index (χ2v) is 7.81. The van der Waals surface area contributed by atoms with E-state index in [4.69, 9.17) is 14.5 Å². The Morgan fingerprint density at radius 3 is 2.72 bits per heavy atom. The average molecular weight is 415 g/mol. The van der Waals surface area contributed by atoms with Crippen LogP contribution in [0.25, 0.3) is 21.3 Å². The predicted octanol–water partition coefficient (Wildman–Crippen LogP) is 4.35. The molecule has 0 unspecified atom stereocenters. The van der Waals surface area contributed by atoms with E-state index >= 15 is 0 Å². The number of carbonyl (C=O) groups is 1. The van der Waals surface area contributed by atoms with Crippen molar-refractivity contribution in [3.05, 3.63) is 45.3 Å². The molecule has 0 aliphatic rings. The van der Waals surface area contributed by atoms with Gasteiger partial charge < -0.3 is 9.47 Å². The first-order chi connectivity index (χ1) is 14.0. The summed E-state index contributed by atoms with van der Waals surface area (Å²) in [6, 6.07) is 5.93. The summed E-state index contributed by atoms with van der Waals surface area (Å²) in [4.78, 5) is 30.5. The van der Waals surface area contributed by atoms with Crippen LogP contribution in [0.4, 0.5) is 0 Å². The second kappa shape index (κ2) is 9.22. The van der Waals surface area contributed by atoms with Crippen molar-refractivity contribution in [2.75, 3.05) is 14.2 Å². The summed E-state index contributed by atoms with van der Waals surface area (Å²) in [5.74, 6) is 1.22. The molecule has 0 fully saturated rings. The van der Waals surface area contributed by atoms with Crippen LogP contribution in [-0.4, -0.2) is 29.7 Å². The molecule has 2 aromatic heterocycles. The Balaban J connectivity index is 2.14. The highest BCUT2D eigenvalue weighted by Gasteiger charge is 2.19. The van der Waals surface area contributed by atoms with Crippen LogP contribution in [0, 0.1) is 6.92 Å². The highest BCUT2D eigenvalue weighted by atomic mass is 32.1. The molecular formula is C22H26N2O4S. The van der Waals surface area contributed by atoms with Gasteiger partial charge in [-0.25, -0.2) is 4.98 Å². The molecule has 154 valence electrons.